The molecule has 1 saturated heterocycles. The molecule has 6 heteroatoms. The zero-order valence-corrected chi connectivity index (χ0v) is 14.2. The summed E-state index contributed by atoms with van der Waals surface area (Å²) in [4.78, 5) is 25.4. The smallest absolute Gasteiger partial charge is 0.317 e. The van der Waals surface area contributed by atoms with Crippen LogP contribution < -0.4 is 5.32 Å². The van der Waals surface area contributed by atoms with E-state index in [1.807, 2.05) is 54.1 Å². The van der Waals surface area contributed by atoms with Crippen molar-refractivity contribution in [3.8, 4) is 5.69 Å². The van der Waals surface area contributed by atoms with Gasteiger partial charge in [-0.3, -0.25) is 9.69 Å². The number of urea groups is 1. The van der Waals surface area contributed by atoms with Crippen LogP contribution in [0.4, 0.5) is 4.79 Å². The number of hydrogen-bond donors (Lipinski definition) is 1. The van der Waals surface area contributed by atoms with Gasteiger partial charge in [0.1, 0.15) is 5.70 Å². The average Bonchev–Trinajstić information content (AvgIpc) is 3.08. The highest BCUT2D eigenvalue weighted by atomic mass is 79.9. The van der Waals surface area contributed by atoms with Gasteiger partial charge in [0.15, 0.2) is 0 Å². The molecule has 0 radical (unpaired) electrons. The fourth-order valence-corrected chi connectivity index (χ4v) is 2.91. The largest absolute Gasteiger partial charge is 0.329 e. The fraction of sp³-hybridized carbons (Fsp3) is 0.176. The predicted octanol–water partition coefficient (Wildman–Crippen LogP) is 3.54. The maximum Gasteiger partial charge on any atom is 0.329 e. The molecule has 1 aliphatic heterocycles. The first-order chi connectivity index (χ1) is 11.1. The van der Waals surface area contributed by atoms with Gasteiger partial charge < -0.3 is 9.88 Å². The maximum atomic E-state index is 12.3. The molecule has 1 aliphatic rings. The predicted molar refractivity (Wildman–Crippen MR) is 92.0 cm³/mol. The Morgan fingerprint density at radius 1 is 1.22 bits per heavy atom. The summed E-state index contributed by atoms with van der Waals surface area (Å²) in [5.41, 5.74) is 2.10. The van der Waals surface area contributed by atoms with Gasteiger partial charge in [-0.1, -0.05) is 28.9 Å². The van der Waals surface area contributed by atoms with Crippen LogP contribution in [0.2, 0.25) is 0 Å². The molecular weight excluding hydrogens is 358 g/mol. The maximum absolute atomic E-state index is 12.3. The Balaban J connectivity index is 1.94. The minimum absolute atomic E-state index is 0.279. The second kappa shape index (κ2) is 6.42. The van der Waals surface area contributed by atoms with Crippen LogP contribution in [-0.4, -0.2) is 28.0 Å². The molecule has 3 rings (SSSR count). The molecule has 5 nitrogen and oxygen atoms in total. The highest BCUT2D eigenvalue weighted by Gasteiger charge is 2.32. The molecule has 1 N–H and O–H groups in total. The van der Waals surface area contributed by atoms with Crippen molar-refractivity contribution in [2.75, 3.05) is 6.54 Å². The first kappa shape index (κ1) is 15.6. The minimum atomic E-state index is -0.358. The third kappa shape index (κ3) is 3.07. The Hall–Kier alpha value is -2.34. The van der Waals surface area contributed by atoms with Crippen molar-refractivity contribution in [2.45, 2.75) is 13.3 Å². The summed E-state index contributed by atoms with van der Waals surface area (Å²) in [6.07, 6.45) is 4.36. The average molecular weight is 374 g/mol. The molecule has 0 unspecified atom stereocenters. The number of imide groups is 1. The van der Waals surface area contributed by atoms with E-state index in [0.717, 1.165) is 22.3 Å². The zero-order chi connectivity index (χ0) is 16.4. The molecule has 118 valence electrons. The Labute approximate surface area is 142 Å². The summed E-state index contributed by atoms with van der Waals surface area (Å²) in [6, 6.07) is 11.3. The van der Waals surface area contributed by atoms with Crippen LogP contribution in [0.5, 0.6) is 0 Å². The number of hydrogen-bond acceptors (Lipinski definition) is 2. The summed E-state index contributed by atoms with van der Waals surface area (Å²) >= 11 is 3.46. The molecule has 0 spiro atoms. The first-order valence-electron chi connectivity index (χ1n) is 7.38. The van der Waals surface area contributed by atoms with Crippen LogP contribution in [0.3, 0.4) is 0 Å². The van der Waals surface area contributed by atoms with Crippen molar-refractivity contribution >= 4 is 33.9 Å². The quantitative estimate of drug-likeness (QED) is 0.658. The molecular formula is C17H16BrN3O2. The van der Waals surface area contributed by atoms with Crippen molar-refractivity contribution in [1.82, 2.24) is 14.8 Å². The molecule has 0 aliphatic carbocycles. The third-order valence-electron chi connectivity index (χ3n) is 3.57. The lowest BCUT2D eigenvalue weighted by molar-refractivity contribution is -0.122. The van der Waals surface area contributed by atoms with Gasteiger partial charge in [-0.05, 0) is 42.8 Å². The normalized spacial score (nSPS) is 16.3. The van der Waals surface area contributed by atoms with E-state index >= 15 is 0 Å². The molecule has 0 atom stereocenters. The molecule has 0 bridgehead atoms. The van der Waals surface area contributed by atoms with Gasteiger partial charge in [-0.15, -0.1) is 0 Å². The molecule has 2 heterocycles. The van der Waals surface area contributed by atoms with Gasteiger partial charge >= 0.3 is 6.03 Å². The number of amides is 3. The summed E-state index contributed by atoms with van der Waals surface area (Å²) in [5, 5.41) is 2.64. The van der Waals surface area contributed by atoms with E-state index in [9.17, 15) is 9.59 Å². The number of carbonyl (C=O) groups is 2. The standard InChI is InChI=1S/C17H16BrN3O2/c1-2-8-21-16(22)15(19-17(21)23)11-14-7-4-9-20(14)13-6-3-5-12(18)10-13/h3-7,9-11H,2,8H2,1H3,(H,19,23)/b15-11+. The third-order valence-corrected chi connectivity index (χ3v) is 4.06. The number of benzene rings is 1. The van der Waals surface area contributed by atoms with Crippen molar-refractivity contribution in [2.24, 2.45) is 0 Å². The van der Waals surface area contributed by atoms with Crippen LogP contribution >= 0.6 is 15.9 Å². The van der Waals surface area contributed by atoms with E-state index in [2.05, 4.69) is 21.2 Å². The van der Waals surface area contributed by atoms with Crippen molar-refractivity contribution < 1.29 is 9.59 Å². The van der Waals surface area contributed by atoms with E-state index in [4.69, 9.17) is 0 Å². The number of halogens is 1. The lowest BCUT2D eigenvalue weighted by Crippen LogP contribution is -2.31. The minimum Gasteiger partial charge on any atom is -0.317 e. The molecule has 2 aromatic rings. The van der Waals surface area contributed by atoms with E-state index in [-0.39, 0.29) is 11.9 Å². The molecule has 3 amide bonds. The van der Waals surface area contributed by atoms with Crippen molar-refractivity contribution in [3.63, 3.8) is 0 Å². The Morgan fingerprint density at radius 2 is 2.04 bits per heavy atom. The van der Waals surface area contributed by atoms with Crippen molar-refractivity contribution in [1.29, 1.82) is 0 Å². The summed E-state index contributed by atoms with van der Waals surface area (Å²) in [6.45, 7) is 2.36. The SMILES string of the molecule is CCCN1C(=O)N/C(=C/c2cccn2-c2cccc(Br)c2)C1=O. The van der Waals surface area contributed by atoms with Gasteiger partial charge in [-0.25, -0.2) is 4.79 Å². The summed E-state index contributed by atoms with van der Waals surface area (Å²) < 4.78 is 2.93. The van der Waals surface area contributed by atoms with Crippen LogP contribution in [0, 0.1) is 0 Å². The van der Waals surface area contributed by atoms with Gasteiger partial charge in [0.25, 0.3) is 5.91 Å². The highest BCUT2D eigenvalue weighted by molar-refractivity contribution is 9.10. The van der Waals surface area contributed by atoms with Crippen LogP contribution in [0.25, 0.3) is 11.8 Å². The molecule has 0 saturated carbocycles. The molecule has 1 aromatic carbocycles. The monoisotopic (exact) mass is 373 g/mol. The van der Waals surface area contributed by atoms with E-state index in [1.54, 1.807) is 6.08 Å². The van der Waals surface area contributed by atoms with Crippen LogP contribution in [0.15, 0.2) is 52.8 Å². The Morgan fingerprint density at radius 3 is 2.78 bits per heavy atom. The van der Waals surface area contributed by atoms with E-state index in [1.165, 1.54) is 4.90 Å². The number of rotatable bonds is 4. The fourth-order valence-electron chi connectivity index (χ4n) is 2.52. The van der Waals surface area contributed by atoms with E-state index < -0.39 is 0 Å². The van der Waals surface area contributed by atoms with Gasteiger partial charge in [-0.2, -0.15) is 0 Å². The molecule has 1 aromatic heterocycles. The second-order valence-corrected chi connectivity index (χ2v) is 6.14. The number of nitrogens with zero attached hydrogens (tertiary/aromatic N) is 2. The van der Waals surface area contributed by atoms with Crippen LogP contribution in [0.1, 0.15) is 19.0 Å². The Bertz CT molecular complexity index is 795. The highest BCUT2D eigenvalue weighted by Crippen LogP contribution is 2.20. The van der Waals surface area contributed by atoms with E-state index in [0.29, 0.717) is 12.2 Å². The summed E-state index contributed by atoms with van der Waals surface area (Å²) in [7, 11) is 0. The molecule has 23 heavy (non-hydrogen) atoms. The number of carbonyl (C=O) groups excluding carboxylic acids is 2. The first-order valence-corrected chi connectivity index (χ1v) is 8.17. The lowest BCUT2D eigenvalue weighted by atomic mass is 10.2. The topological polar surface area (TPSA) is 54.3 Å². The number of aromatic nitrogens is 1. The summed E-state index contributed by atoms with van der Waals surface area (Å²) in [5.74, 6) is -0.279. The van der Waals surface area contributed by atoms with Gasteiger partial charge in [0.05, 0.1) is 0 Å². The second-order valence-electron chi connectivity index (χ2n) is 5.23. The molecule has 1 fully saturated rings. The van der Waals surface area contributed by atoms with Crippen LogP contribution in [-0.2, 0) is 4.79 Å². The lowest BCUT2D eigenvalue weighted by Gasteiger charge is -2.09. The zero-order valence-electron chi connectivity index (χ0n) is 12.6. The number of nitrogens with one attached hydrogen (secondary N) is 1. The van der Waals surface area contributed by atoms with Crippen molar-refractivity contribution in [3.05, 3.63) is 58.5 Å². The van der Waals surface area contributed by atoms with Gasteiger partial charge in [0, 0.05) is 28.6 Å². The van der Waals surface area contributed by atoms with Gasteiger partial charge in [0.2, 0.25) is 0 Å². The Kier molecular flexibility index (Phi) is 4.34.